The molecule has 0 aliphatic carbocycles. The van der Waals surface area contributed by atoms with Gasteiger partial charge in [-0.1, -0.05) is 0 Å². The van der Waals surface area contributed by atoms with E-state index in [1.165, 1.54) is 36.1 Å². The largest absolute Gasteiger partial charge is 0.488 e. The molecular formula is C25H23F4N5O4. The maximum absolute atomic E-state index is 14.9. The van der Waals surface area contributed by atoms with E-state index in [0.717, 1.165) is 12.3 Å². The molecule has 1 aromatic carbocycles. The third-order valence-electron chi connectivity index (χ3n) is 5.90. The van der Waals surface area contributed by atoms with Crippen molar-refractivity contribution in [1.29, 1.82) is 0 Å². The normalized spacial score (nSPS) is 13.4. The molecule has 0 saturated heterocycles. The van der Waals surface area contributed by atoms with E-state index in [1.807, 2.05) is 0 Å². The lowest BCUT2D eigenvalue weighted by Gasteiger charge is -2.17. The van der Waals surface area contributed by atoms with Gasteiger partial charge in [0.25, 0.3) is 11.1 Å². The number of nitrogens with one attached hydrogen (secondary N) is 1. The number of hydrogen-bond donors (Lipinski definition) is 2. The summed E-state index contributed by atoms with van der Waals surface area (Å²) in [5, 5.41) is 15.3. The van der Waals surface area contributed by atoms with Crippen LogP contribution in [0, 0.1) is 5.82 Å². The Morgan fingerprint density at radius 2 is 1.84 bits per heavy atom. The van der Waals surface area contributed by atoms with E-state index >= 15 is 0 Å². The number of ether oxygens (including phenoxy) is 1. The Kier molecular flexibility index (Phi) is 7.58. The Labute approximate surface area is 212 Å². The smallest absolute Gasteiger partial charge is 0.425 e. The molecule has 2 unspecified atom stereocenters. The molecule has 0 aliphatic heterocycles. The zero-order valence-electron chi connectivity index (χ0n) is 20.3. The molecule has 2 N–H and O–H groups in total. The van der Waals surface area contributed by atoms with Gasteiger partial charge < -0.3 is 14.4 Å². The Bertz CT molecular complexity index is 1570. The van der Waals surface area contributed by atoms with Crippen LogP contribution in [0.15, 0.2) is 52.6 Å². The molecule has 3 heterocycles. The van der Waals surface area contributed by atoms with Crippen LogP contribution in [-0.4, -0.2) is 35.9 Å². The van der Waals surface area contributed by atoms with Gasteiger partial charge in [-0.05, 0) is 50.3 Å². The summed E-state index contributed by atoms with van der Waals surface area (Å²) in [6, 6.07) is 4.22. The van der Waals surface area contributed by atoms with Crippen LogP contribution < -0.4 is 15.9 Å². The summed E-state index contributed by atoms with van der Waals surface area (Å²) in [6.07, 6.45) is -0.637. The Morgan fingerprint density at radius 3 is 2.50 bits per heavy atom. The average Bonchev–Trinajstić information content (AvgIpc) is 2.85. The molecule has 0 saturated carbocycles. The number of H-pyrrole nitrogens is 1. The quantitative estimate of drug-likeness (QED) is 0.328. The Hall–Kier alpha value is -4.13. The number of halogens is 4. The summed E-state index contributed by atoms with van der Waals surface area (Å²) in [6.45, 7) is 3.30. The number of benzene rings is 1. The first-order valence-electron chi connectivity index (χ1n) is 11.6. The van der Waals surface area contributed by atoms with Gasteiger partial charge in [0.1, 0.15) is 5.82 Å². The first-order chi connectivity index (χ1) is 18.0. The molecule has 38 heavy (non-hydrogen) atoms. The van der Waals surface area contributed by atoms with Crippen LogP contribution in [0.25, 0.3) is 22.2 Å². The topological polar surface area (TPSA) is 123 Å². The van der Waals surface area contributed by atoms with Crippen molar-refractivity contribution in [3.05, 3.63) is 80.6 Å². The summed E-state index contributed by atoms with van der Waals surface area (Å²) in [5.74, 6) is -1.25. The van der Waals surface area contributed by atoms with Crippen LogP contribution in [0.3, 0.4) is 0 Å². The van der Waals surface area contributed by atoms with Gasteiger partial charge in [0.05, 0.1) is 29.4 Å². The summed E-state index contributed by atoms with van der Waals surface area (Å²) >= 11 is 0. The van der Waals surface area contributed by atoms with Crippen molar-refractivity contribution in [3.63, 3.8) is 0 Å². The van der Waals surface area contributed by atoms with E-state index in [0.29, 0.717) is 17.4 Å². The van der Waals surface area contributed by atoms with E-state index in [-0.39, 0.29) is 29.7 Å². The number of hydrogen-bond acceptors (Lipinski definition) is 7. The number of nitrogens with zero attached hydrogens (tertiary/aromatic N) is 4. The SMILES string of the molecule is CC(CCCn1ccc2cc(-c3ncc(C(C)O)cn3)c(F)cc2c1=O)Oc1cn[nH]c(=O)c1C(F)(F)F. The van der Waals surface area contributed by atoms with Crippen LogP contribution in [0.5, 0.6) is 5.75 Å². The molecule has 0 amide bonds. The van der Waals surface area contributed by atoms with Crippen LogP contribution in [0.4, 0.5) is 17.6 Å². The minimum Gasteiger partial charge on any atom is -0.488 e. The molecule has 13 heteroatoms. The molecule has 0 fully saturated rings. The highest BCUT2D eigenvalue weighted by atomic mass is 19.4. The molecule has 4 aromatic rings. The van der Waals surface area contributed by atoms with Crippen molar-refractivity contribution in [2.24, 2.45) is 0 Å². The van der Waals surface area contributed by atoms with E-state index in [9.17, 15) is 32.3 Å². The molecule has 4 rings (SSSR count). The van der Waals surface area contributed by atoms with Gasteiger partial charge in [-0.15, -0.1) is 0 Å². The predicted octanol–water partition coefficient (Wildman–Crippen LogP) is 4.00. The van der Waals surface area contributed by atoms with Crippen LogP contribution in [0.1, 0.15) is 43.9 Å². The average molecular weight is 533 g/mol. The Morgan fingerprint density at radius 1 is 1.13 bits per heavy atom. The maximum Gasteiger partial charge on any atom is 0.425 e. The zero-order valence-corrected chi connectivity index (χ0v) is 20.3. The molecule has 3 aromatic heterocycles. The molecule has 0 radical (unpaired) electrons. The fourth-order valence-corrected chi connectivity index (χ4v) is 3.91. The van der Waals surface area contributed by atoms with E-state index in [4.69, 9.17) is 4.74 Å². The number of aliphatic hydroxyl groups is 1. The number of alkyl halides is 3. The molecule has 2 atom stereocenters. The van der Waals surface area contributed by atoms with Crippen LogP contribution >= 0.6 is 0 Å². The standard InChI is InChI=1S/C25H23F4N5O4/c1-13(38-20-12-32-33-23(36)21(20)25(27,28)29)4-3-6-34-7-5-15-8-18(19(26)9-17(15)24(34)37)22-30-10-16(11-31-22)14(2)35/h5,7-14,35H,3-4,6H2,1-2H3,(H,33,36). The van der Waals surface area contributed by atoms with Gasteiger partial charge >= 0.3 is 6.18 Å². The maximum atomic E-state index is 14.9. The summed E-state index contributed by atoms with van der Waals surface area (Å²) in [5.41, 5.74) is -2.72. The minimum absolute atomic E-state index is 0.102. The number of aryl methyl sites for hydroxylation is 1. The molecule has 200 valence electrons. The first kappa shape index (κ1) is 26.9. The Balaban J connectivity index is 1.47. The van der Waals surface area contributed by atoms with Gasteiger partial charge in [0.15, 0.2) is 17.1 Å². The number of aromatic nitrogens is 5. The predicted molar refractivity (Wildman–Crippen MR) is 129 cm³/mol. The molecule has 0 bridgehead atoms. The molecule has 0 spiro atoms. The van der Waals surface area contributed by atoms with Gasteiger partial charge in [-0.3, -0.25) is 9.59 Å². The van der Waals surface area contributed by atoms with E-state index < -0.39 is 46.6 Å². The number of fused-ring (bicyclic) bond motifs is 1. The number of pyridine rings is 1. The zero-order chi connectivity index (χ0) is 27.6. The highest BCUT2D eigenvalue weighted by Gasteiger charge is 2.38. The lowest BCUT2D eigenvalue weighted by molar-refractivity contribution is -0.140. The van der Waals surface area contributed by atoms with E-state index in [1.54, 1.807) is 18.1 Å². The second-order valence-corrected chi connectivity index (χ2v) is 8.76. The van der Waals surface area contributed by atoms with Crippen molar-refractivity contribution < 1.29 is 27.4 Å². The van der Waals surface area contributed by atoms with Gasteiger partial charge in [0, 0.05) is 30.7 Å². The third-order valence-corrected chi connectivity index (χ3v) is 5.90. The molecular weight excluding hydrogens is 510 g/mol. The van der Waals surface area contributed by atoms with Gasteiger partial charge in [-0.2, -0.15) is 18.3 Å². The lowest BCUT2D eigenvalue weighted by Crippen LogP contribution is -2.26. The fraction of sp³-hybridized carbons (Fsp3) is 0.320. The molecule has 9 nitrogen and oxygen atoms in total. The third kappa shape index (κ3) is 5.72. The summed E-state index contributed by atoms with van der Waals surface area (Å²) in [4.78, 5) is 32.7. The first-order valence-corrected chi connectivity index (χ1v) is 11.6. The van der Waals surface area contributed by atoms with Crippen molar-refractivity contribution in [2.45, 2.75) is 51.6 Å². The van der Waals surface area contributed by atoms with Crippen molar-refractivity contribution in [2.75, 3.05) is 0 Å². The summed E-state index contributed by atoms with van der Waals surface area (Å²) in [7, 11) is 0. The number of aliphatic hydroxyl groups excluding tert-OH is 1. The van der Waals surface area contributed by atoms with Crippen molar-refractivity contribution in [1.82, 2.24) is 24.7 Å². The van der Waals surface area contributed by atoms with Crippen molar-refractivity contribution in [3.8, 4) is 17.1 Å². The lowest BCUT2D eigenvalue weighted by atomic mass is 10.1. The van der Waals surface area contributed by atoms with E-state index in [2.05, 4.69) is 15.1 Å². The number of rotatable bonds is 8. The van der Waals surface area contributed by atoms with Gasteiger partial charge in [0.2, 0.25) is 0 Å². The van der Waals surface area contributed by atoms with Crippen molar-refractivity contribution >= 4 is 10.8 Å². The van der Waals surface area contributed by atoms with Gasteiger partial charge in [-0.25, -0.2) is 19.5 Å². The fourth-order valence-electron chi connectivity index (χ4n) is 3.91. The number of aromatic amines is 1. The molecule has 0 aliphatic rings. The van der Waals surface area contributed by atoms with Crippen LogP contribution in [0.2, 0.25) is 0 Å². The highest BCUT2D eigenvalue weighted by molar-refractivity contribution is 5.85. The summed E-state index contributed by atoms with van der Waals surface area (Å²) < 4.78 is 61.1. The second-order valence-electron chi connectivity index (χ2n) is 8.76. The second kappa shape index (κ2) is 10.7. The monoisotopic (exact) mass is 533 g/mol. The highest BCUT2D eigenvalue weighted by Crippen LogP contribution is 2.33. The van der Waals surface area contributed by atoms with Crippen LogP contribution in [-0.2, 0) is 12.7 Å². The minimum atomic E-state index is -4.91.